The lowest BCUT2D eigenvalue weighted by atomic mass is 9.98. The minimum Gasteiger partial charge on any atom is -0.469 e. The van der Waals surface area contributed by atoms with Crippen LogP contribution in [0.15, 0.2) is 22.6 Å². The molecule has 3 rings (SSSR count). The highest BCUT2D eigenvalue weighted by Gasteiger charge is 2.37. The topological polar surface area (TPSA) is 75.0 Å². The Morgan fingerprint density at radius 2 is 2.12 bits per heavy atom. The fourth-order valence-electron chi connectivity index (χ4n) is 4.45. The molecule has 33 heavy (non-hydrogen) atoms. The number of furan rings is 1. The smallest absolute Gasteiger partial charge is 0.305 e. The van der Waals surface area contributed by atoms with Crippen molar-refractivity contribution in [3.05, 3.63) is 35.3 Å². The predicted molar refractivity (Wildman–Crippen MR) is 122 cm³/mol. The van der Waals surface area contributed by atoms with Gasteiger partial charge in [-0.2, -0.15) is 0 Å². The van der Waals surface area contributed by atoms with Crippen LogP contribution in [0, 0.1) is 0 Å². The number of ketones is 1. The number of halogens is 1. The molecule has 2 aliphatic rings. The number of carbonyl (C=O) groups is 2. The van der Waals surface area contributed by atoms with Crippen molar-refractivity contribution in [2.45, 2.75) is 102 Å². The second-order valence-corrected chi connectivity index (χ2v) is 8.95. The summed E-state index contributed by atoms with van der Waals surface area (Å²) >= 11 is 0. The lowest BCUT2D eigenvalue weighted by Gasteiger charge is -2.28. The molecule has 1 unspecified atom stereocenters. The molecule has 0 amide bonds. The zero-order chi connectivity index (χ0) is 23.6. The fourth-order valence-corrected chi connectivity index (χ4v) is 4.45. The first-order chi connectivity index (χ1) is 16.0. The SMILES string of the molecule is CCCC[C@H](F)C(=O)C=C[C@@H]1c2cc(CCCCC(=O)OC)oc2C[C@H]1OC1CCCCO1. The van der Waals surface area contributed by atoms with Crippen molar-refractivity contribution in [1.29, 1.82) is 0 Å². The maximum atomic E-state index is 14.2. The van der Waals surface area contributed by atoms with Gasteiger partial charge in [-0.1, -0.05) is 25.8 Å². The van der Waals surface area contributed by atoms with Gasteiger partial charge in [-0.3, -0.25) is 9.59 Å². The van der Waals surface area contributed by atoms with Crippen LogP contribution in [0.3, 0.4) is 0 Å². The maximum absolute atomic E-state index is 14.2. The fraction of sp³-hybridized carbons (Fsp3) is 0.692. The number of aryl methyl sites for hydroxylation is 1. The highest BCUT2D eigenvalue weighted by Crippen LogP contribution is 2.40. The van der Waals surface area contributed by atoms with Gasteiger partial charge in [0.25, 0.3) is 0 Å². The highest BCUT2D eigenvalue weighted by atomic mass is 19.1. The number of alkyl halides is 1. The third kappa shape index (κ3) is 7.51. The van der Waals surface area contributed by atoms with E-state index in [1.807, 2.05) is 13.0 Å². The van der Waals surface area contributed by atoms with Crippen molar-refractivity contribution in [3.8, 4) is 0 Å². The number of esters is 1. The van der Waals surface area contributed by atoms with Crippen LogP contribution in [0.4, 0.5) is 4.39 Å². The molecule has 1 aromatic rings. The van der Waals surface area contributed by atoms with E-state index in [2.05, 4.69) is 4.74 Å². The van der Waals surface area contributed by atoms with E-state index in [4.69, 9.17) is 13.9 Å². The molecule has 0 saturated carbocycles. The monoisotopic (exact) mass is 464 g/mol. The Hall–Kier alpha value is -1.99. The largest absolute Gasteiger partial charge is 0.469 e. The first-order valence-electron chi connectivity index (χ1n) is 12.3. The molecular formula is C26H37FO6. The highest BCUT2D eigenvalue weighted by molar-refractivity contribution is 5.93. The normalized spacial score (nSPS) is 23.5. The Bertz CT molecular complexity index is 795. The van der Waals surface area contributed by atoms with Crippen LogP contribution >= 0.6 is 0 Å². The van der Waals surface area contributed by atoms with Gasteiger partial charge >= 0.3 is 5.97 Å². The summed E-state index contributed by atoms with van der Waals surface area (Å²) in [5.41, 5.74) is 0.992. The van der Waals surface area contributed by atoms with E-state index in [0.717, 1.165) is 62.0 Å². The summed E-state index contributed by atoms with van der Waals surface area (Å²) in [6, 6.07) is 2.02. The van der Waals surface area contributed by atoms with Gasteiger partial charge in [0.2, 0.25) is 0 Å². The number of rotatable bonds is 13. The van der Waals surface area contributed by atoms with Crippen LogP contribution in [0.2, 0.25) is 0 Å². The van der Waals surface area contributed by atoms with Crippen LogP contribution in [-0.2, 0) is 36.6 Å². The minimum atomic E-state index is -1.46. The van der Waals surface area contributed by atoms with Gasteiger partial charge in [-0.25, -0.2) is 4.39 Å². The molecule has 7 heteroatoms. The molecular weight excluding hydrogens is 427 g/mol. The molecule has 0 aromatic carbocycles. The first kappa shape index (κ1) is 25.6. The van der Waals surface area contributed by atoms with E-state index in [1.165, 1.54) is 13.2 Å². The van der Waals surface area contributed by atoms with Crippen LogP contribution < -0.4 is 0 Å². The van der Waals surface area contributed by atoms with Gasteiger partial charge in [0.1, 0.15) is 11.5 Å². The summed E-state index contributed by atoms with van der Waals surface area (Å²) in [7, 11) is 1.39. The third-order valence-electron chi connectivity index (χ3n) is 6.37. The lowest BCUT2D eigenvalue weighted by Crippen LogP contribution is -2.30. The average Bonchev–Trinajstić information content (AvgIpc) is 3.36. The first-order valence-corrected chi connectivity index (χ1v) is 12.3. The summed E-state index contributed by atoms with van der Waals surface area (Å²) in [5.74, 6) is 0.829. The Morgan fingerprint density at radius 1 is 1.27 bits per heavy atom. The second kappa shape index (κ2) is 13.0. The lowest BCUT2D eigenvalue weighted by molar-refractivity contribution is -0.188. The quantitative estimate of drug-likeness (QED) is 0.222. The molecule has 1 fully saturated rings. The van der Waals surface area contributed by atoms with Crippen molar-refractivity contribution in [3.63, 3.8) is 0 Å². The second-order valence-electron chi connectivity index (χ2n) is 8.95. The summed E-state index contributed by atoms with van der Waals surface area (Å²) in [6.45, 7) is 2.67. The molecule has 1 aliphatic carbocycles. The van der Waals surface area contributed by atoms with Crippen LogP contribution in [0.1, 0.15) is 87.7 Å². The molecule has 184 valence electrons. The maximum Gasteiger partial charge on any atom is 0.305 e. The number of carbonyl (C=O) groups excluding carboxylic acids is 2. The molecule has 1 aromatic heterocycles. The standard InChI is InChI=1S/C26H37FO6/c1-3-4-10-21(27)22(28)14-13-19-20-16-18(9-5-6-11-25(29)30-2)32-24(20)17-23(19)33-26-12-7-8-15-31-26/h13-14,16,19,21,23,26H,3-12,15,17H2,1-2H3/t19-,21+,23-,26?/m1/s1. The number of ether oxygens (including phenoxy) is 3. The Labute approximate surface area is 195 Å². The number of methoxy groups -OCH3 is 1. The Morgan fingerprint density at radius 3 is 2.85 bits per heavy atom. The van der Waals surface area contributed by atoms with E-state index in [0.29, 0.717) is 25.9 Å². The molecule has 0 radical (unpaired) electrons. The minimum absolute atomic E-state index is 0.180. The summed E-state index contributed by atoms with van der Waals surface area (Å²) in [4.78, 5) is 23.6. The molecule has 4 atom stereocenters. The van der Waals surface area contributed by atoms with E-state index in [-0.39, 0.29) is 30.7 Å². The molecule has 2 heterocycles. The van der Waals surface area contributed by atoms with Crippen LogP contribution in [0.5, 0.6) is 0 Å². The van der Waals surface area contributed by atoms with Crippen molar-refractivity contribution >= 4 is 11.8 Å². The van der Waals surface area contributed by atoms with Crippen LogP contribution in [-0.4, -0.2) is 44.0 Å². The molecule has 0 bridgehead atoms. The van der Waals surface area contributed by atoms with Crippen molar-refractivity contribution in [1.82, 2.24) is 0 Å². The predicted octanol–water partition coefficient (Wildman–Crippen LogP) is 5.37. The number of fused-ring (bicyclic) bond motifs is 1. The average molecular weight is 465 g/mol. The molecule has 0 N–H and O–H groups in total. The van der Waals surface area contributed by atoms with E-state index in [9.17, 15) is 14.0 Å². The van der Waals surface area contributed by atoms with Gasteiger partial charge in [0, 0.05) is 37.4 Å². The molecule has 6 nitrogen and oxygen atoms in total. The molecule has 1 aliphatic heterocycles. The van der Waals surface area contributed by atoms with Gasteiger partial charge in [0.05, 0.1) is 13.2 Å². The van der Waals surface area contributed by atoms with Crippen molar-refractivity contribution in [2.24, 2.45) is 0 Å². The zero-order valence-electron chi connectivity index (χ0n) is 19.9. The van der Waals surface area contributed by atoms with Gasteiger partial charge in [-0.05, 0) is 50.7 Å². The zero-order valence-corrected chi connectivity index (χ0v) is 19.9. The van der Waals surface area contributed by atoms with Gasteiger partial charge < -0.3 is 18.6 Å². The summed E-state index contributed by atoms with van der Waals surface area (Å²) < 4.78 is 36.9. The summed E-state index contributed by atoms with van der Waals surface area (Å²) in [5, 5.41) is 0. The summed E-state index contributed by atoms with van der Waals surface area (Å²) in [6.07, 6.45) is 9.26. The van der Waals surface area contributed by atoms with Crippen molar-refractivity contribution in [2.75, 3.05) is 13.7 Å². The van der Waals surface area contributed by atoms with E-state index in [1.54, 1.807) is 6.08 Å². The van der Waals surface area contributed by atoms with Gasteiger partial charge in [0.15, 0.2) is 18.2 Å². The van der Waals surface area contributed by atoms with E-state index >= 15 is 0 Å². The number of allylic oxidation sites excluding steroid dienone is 1. The van der Waals surface area contributed by atoms with E-state index < -0.39 is 12.0 Å². The Kier molecular flexibility index (Phi) is 10.1. The molecule has 1 saturated heterocycles. The number of hydrogen-bond acceptors (Lipinski definition) is 6. The molecule has 0 spiro atoms. The Balaban J connectivity index is 1.65. The number of unbranched alkanes of at least 4 members (excludes halogenated alkanes) is 2. The van der Waals surface area contributed by atoms with Crippen LogP contribution in [0.25, 0.3) is 0 Å². The third-order valence-corrected chi connectivity index (χ3v) is 6.37. The van der Waals surface area contributed by atoms with Gasteiger partial charge in [-0.15, -0.1) is 0 Å². The van der Waals surface area contributed by atoms with Crippen molar-refractivity contribution < 1.29 is 32.6 Å². The number of hydrogen-bond donors (Lipinski definition) is 0.